The van der Waals surface area contributed by atoms with Gasteiger partial charge in [0, 0.05) is 10.5 Å². The van der Waals surface area contributed by atoms with Crippen LogP contribution in [-0.4, -0.2) is 5.91 Å². The fourth-order valence-electron chi connectivity index (χ4n) is 1.90. The summed E-state index contributed by atoms with van der Waals surface area (Å²) in [7, 11) is 0. The van der Waals surface area contributed by atoms with Gasteiger partial charge >= 0.3 is 0 Å². The van der Waals surface area contributed by atoms with E-state index in [1.54, 1.807) is 13.0 Å². The van der Waals surface area contributed by atoms with Crippen LogP contribution in [0.4, 0.5) is 8.78 Å². The molecule has 0 radical (unpaired) electrons. The molecule has 1 amide bonds. The smallest absolute Gasteiger partial charge is 0.244 e. The molecule has 0 saturated carbocycles. The Hall–Kier alpha value is -2.01. The fraction of sp³-hybridized carbons (Fsp3) is 0.118. The Kier molecular flexibility index (Phi) is 5.44. The summed E-state index contributed by atoms with van der Waals surface area (Å²) in [4.78, 5) is 11.9. The van der Waals surface area contributed by atoms with Crippen molar-refractivity contribution in [1.82, 2.24) is 5.32 Å². The lowest BCUT2D eigenvalue weighted by molar-refractivity contribution is -0.117. The lowest BCUT2D eigenvalue weighted by Crippen LogP contribution is -2.24. The highest BCUT2D eigenvalue weighted by molar-refractivity contribution is 9.10. The summed E-state index contributed by atoms with van der Waals surface area (Å²) in [6.45, 7) is 1.71. The van der Waals surface area contributed by atoms with E-state index >= 15 is 0 Å². The Morgan fingerprint density at radius 2 is 1.91 bits per heavy atom. The molecule has 0 spiro atoms. The molecule has 0 heterocycles. The van der Waals surface area contributed by atoms with Gasteiger partial charge in [-0.1, -0.05) is 40.2 Å². The highest BCUT2D eigenvalue weighted by atomic mass is 79.9. The standard InChI is InChI=1S/C17H14BrF2NO/c1-11(13-6-8-15(19)16(20)10-13)21-17(22)9-7-12-4-2-3-5-14(12)18/h2-11H,1H3,(H,21,22)/b9-7+. The molecular weight excluding hydrogens is 352 g/mol. The predicted molar refractivity (Wildman–Crippen MR) is 86.1 cm³/mol. The molecule has 0 saturated heterocycles. The minimum atomic E-state index is -0.928. The SMILES string of the molecule is CC(NC(=O)/C=C/c1ccccc1Br)c1ccc(F)c(F)c1. The number of carbonyl (C=O) groups excluding carboxylic acids is 1. The summed E-state index contributed by atoms with van der Waals surface area (Å²) in [5, 5.41) is 2.70. The van der Waals surface area contributed by atoms with Crippen LogP contribution >= 0.6 is 15.9 Å². The second-order valence-corrected chi connectivity index (χ2v) is 5.61. The number of nitrogens with one attached hydrogen (secondary N) is 1. The summed E-state index contributed by atoms with van der Waals surface area (Å²) >= 11 is 3.39. The first kappa shape index (κ1) is 16.4. The van der Waals surface area contributed by atoms with Gasteiger partial charge in [0.2, 0.25) is 5.91 Å². The molecule has 22 heavy (non-hydrogen) atoms. The molecule has 0 aliphatic rings. The average molecular weight is 366 g/mol. The van der Waals surface area contributed by atoms with Gasteiger partial charge in [0.15, 0.2) is 11.6 Å². The minimum absolute atomic E-state index is 0.312. The van der Waals surface area contributed by atoms with E-state index in [0.29, 0.717) is 5.56 Å². The molecule has 2 rings (SSSR count). The van der Waals surface area contributed by atoms with Gasteiger partial charge in [0.1, 0.15) is 0 Å². The lowest BCUT2D eigenvalue weighted by Gasteiger charge is -2.13. The van der Waals surface area contributed by atoms with E-state index in [4.69, 9.17) is 0 Å². The van der Waals surface area contributed by atoms with Crippen molar-refractivity contribution in [3.05, 3.63) is 75.8 Å². The maximum absolute atomic E-state index is 13.2. The van der Waals surface area contributed by atoms with Crippen molar-refractivity contribution in [2.45, 2.75) is 13.0 Å². The Bertz CT molecular complexity index is 716. The van der Waals surface area contributed by atoms with E-state index in [9.17, 15) is 13.6 Å². The van der Waals surface area contributed by atoms with Gasteiger partial charge in [-0.05, 0) is 42.3 Å². The van der Waals surface area contributed by atoms with Gasteiger partial charge in [-0.3, -0.25) is 4.79 Å². The van der Waals surface area contributed by atoms with Crippen LogP contribution in [-0.2, 0) is 4.79 Å². The van der Waals surface area contributed by atoms with Crippen LogP contribution in [0.15, 0.2) is 53.0 Å². The maximum atomic E-state index is 13.2. The topological polar surface area (TPSA) is 29.1 Å². The third kappa shape index (κ3) is 4.24. The molecule has 1 unspecified atom stereocenters. The third-order valence-corrected chi connectivity index (χ3v) is 3.84. The largest absolute Gasteiger partial charge is 0.346 e. The van der Waals surface area contributed by atoms with Crippen LogP contribution in [0, 0.1) is 11.6 Å². The number of benzene rings is 2. The average Bonchev–Trinajstić information content (AvgIpc) is 2.49. The Morgan fingerprint density at radius 3 is 2.59 bits per heavy atom. The highest BCUT2D eigenvalue weighted by Gasteiger charge is 2.10. The van der Waals surface area contributed by atoms with Crippen molar-refractivity contribution >= 4 is 27.9 Å². The number of hydrogen-bond acceptors (Lipinski definition) is 1. The van der Waals surface area contributed by atoms with E-state index in [2.05, 4.69) is 21.2 Å². The summed E-state index contributed by atoms with van der Waals surface area (Å²) in [5.74, 6) is -2.15. The Balaban J connectivity index is 2.02. The van der Waals surface area contributed by atoms with E-state index in [1.807, 2.05) is 24.3 Å². The predicted octanol–water partition coefficient (Wildman–Crippen LogP) is 4.62. The molecule has 0 fully saturated rings. The van der Waals surface area contributed by atoms with Crippen LogP contribution in [0.3, 0.4) is 0 Å². The molecule has 1 N–H and O–H groups in total. The van der Waals surface area contributed by atoms with Crippen LogP contribution in [0.25, 0.3) is 6.08 Å². The zero-order valence-corrected chi connectivity index (χ0v) is 13.4. The normalized spacial score (nSPS) is 12.4. The monoisotopic (exact) mass is 365 g/mol. The molecule has 5 heteroatoms. The van der Waals surface area contributed by atoms with Crippen LogP contribution < -0.4 is 5.32 Å². The second-order valence-electron chi connectivity index (χ2n) is 4.76. The van der Waals surface area contributed by atoms with Crippen LogP contribution in [0.5, 0.6) is 0 Å². The van der Waals surface area contributed by atoms with Crippen LogP contribution in [0.2, 0.25) is 0 Å². The van der Waals surface area contributed by atoms with Crippen LogP contribution in [0.1, 0.15) is 24.1 Å². The number of hydrogen-bond donors (Lipinski definition) is 1. The minimum Gasteiger partial charge on any atom is -0.346 e. The maximum Gasteiger partial charge on any atom is 0.244 e. The first-order valence-electron chi connectivity index (χ1n) is 6.65. The number of carbonyl (C=O) groups is 1. The van der Waals surface area contributed by atoms with E-state index in [-0.39, 0.29) is 5.91 Å². The van der Waals surface area contributed by atoms with Gasteiger partial charge < -0.3 is 5.32 Å². The lowest BCUT2D eigenvalue weighted by atomic mass is 10.1. The van der Waals surface area contributed by atoms with Crippen molar-refractivity contribution in [2.75, 3.05) is 0 Å². The van der Waals surface area contributed by atoms with Crippen molar-refractivity contribution in [3.8, 4) is 0 Å². The molecule has 114 valence electrons. The molecule has 2 aromatic carbocycles. The quantitative estimate of drug-likeness (QED) is 0.787. The number of halogens is 3. The van der Waals surface area contributed by atoms with E-state index < -0.39 is 17.7 Å². The van der Waals surface area contributed by atoms with Gasteiger partial charge in [-0.15, -0.1) is 0 Å². The molecule has 0 aliphatic heterocycles. The molecule has 0 aromatic heterocycles. The summed E-state index contributed by atoms with van der Waals surface area (Å²) in [6, 6.07) is 10.6. The second kappa shape index (κ2) is 7.31. The molecule has 0 aliphatic carbocycles. The van der Waals surface area contributed by atoms with Gasteiger partial charge in [-0.2, -0.15) is 0 Å². The van der Waals surface area contributed by atoms with Crippen molar-refractivity contribution < 1.29 is 13.6 Å². The van der Waals surface area contributed by atoms with Crippen molar-refractivity contribution in [3.63, 3.8) is 0 Å². The van der Waals surface area contributed by atoms with Gasteiger partial charge in [0.25, 0.3) is 0 Å². The fourth-order valence-corrected chi connectivity index (χ4v) is 2.32. The summed E-state index contributed by atoms with van der Waals surface area (Å²) in [5.41, 5.74) is 1.37. The van der Waals surface area contributed by atoms with E-state index in [0.717, 1.165) is 22.2 Å². The molecule has 2 aromatic rings. The zero-order chi connectivity index (χ0) is 16.1. The number of amides is 1. The molecule has 1 atom stereocenters. The van der Waals surface area contributed by atoms with Crippen molar-refractivity contribution in [1.29, 1.82) is 0 Å². The molecular formula is C17H14BrF2NO. The highest BCUT2D eigenvalue weighted by Crippen LogP contribution is 2.18. The Morgan fingerprint density at radius 1 is 1.18 bits per heavy atom. The Labute approximate surface area is 136 Å². The first-order chi connectivity index (χ1) is 10.5. The van der Waals surface area contributed by atoms with Gasteiger partial charge in [-0.25, -0.2) is 8.78 Å². The third-order valence-electron chi connectivity index (χ3n) is 3.12. The summed E-state index contributed by atoms with van der Waals surface area (Å²) in [6.07, 6.45) is 3.08. The zero-order valence-electron chi connectivity index (χ0n) is 11.8. The number of rotatable bonds is 4. The first-order valence-corrected chi connectivity index (χ1v) is 7.44. The summed E-state index contributed by atoms with van der Waals surface area (Å²) < 4.78 is 27.0. The van der Waals surface area contributed by atoms with Gasteiger partial charge in [0.05, 0.1) is 6.04 Å². The van der Waals surface area contributed by atoms with Crippen molar-refractivity contribution in [2.24, 2.45) is 0 Å². The molecule has 0 bridgehead atoms. The molecule has 2 nitrogen and oxygen atoms in total. The van der Waals surface area contributed by atoms with E-state index in [1.165, 1.54) is 12.1 Å².